The van der Waals surface area contributed by atoms with Crippen LogP contribution in [-0.2, 0) is 23.1 Å². The van der Waals surface area contributed by atoms with Crippen LogP contribution in [0.3, 0.4) is 0 Å². The predicted octanol–water partition coefficient (Wildman–Crippen LogP) is 1.89. The van der Waals surface area contributed by atoms with Crippen LogP contribution in [0.4, 0.5) is 0 Å². The first kappa shape index (κ1) is 17.7. The number of nitrogens with one attached hydrogen (secondary N) is 1. The number of hydrogen-bond donors (Lipinski definition) is 1. The third kappa shape index (κ3) is 6.27. The Balaban J connectivity index is 2.28. The topological polar surface area (TPSA) is 65.4 Å². The van der Waals surface area contributed by atoms with Crippen LogP contribution in [0.2, 0.25) is 0 Å². The highest BCUT2D eigenvalue weighted by molar-refractivity contribution is 5.90. The van der Waals surface area contributed by atoms with Gasteiger partial charge in [-0.25, -0.2) is 4.79 Å². The van der Waals surface area contributed by atoms with Crippen molar-refractivity contribution in [3.8, 4) is 0 Å². The third-order valence-corrected chi connectivity index (χ3v) is 3.13. The number of aryl methyl sites for hydroxylation is 1. The number of aromatic nitrogens is 2. The average Bonchev–Trinajstić information content (AvgIpc) is 2.83. The van der Waals surface area contributed by atoms with Gasteiger partial charge in [0.1, 0.15) is 5.56 Å². The Bertz CT molecular complexity index is 418. The van der Waals surface area contributed by atoms with E-state index in [2.05, 4.69) is 17.3 Å². The van der Waals surface area contributed by atoms with Gasteiger partial charge < -0.3 is 14.8 Å². The van der Waals surface area contributed by atoms with E-state index in [0.29, 0.717) is 18.7 Å². The molecular weight excluding hydrogens is 270 g/mol. The maximum Gasteiger partial charge on any atom is 0.341 e. The fraction of sp³-hybridized carbons (Fsp3) is 0.733. The molecule has 0 aromatic carbocycles. The number of hydrogen-bond acceptors (Lipinski definition) is 5. The maximum atomic E-state index is 11.8. The van der Waals surface area contributed by atoms with Gasteiger partial charge in [0.2, 0.25) is 0 Å². The number of esters is 1. The lowest BCUT2D eigenvalue weighted by Crippen LogP contribution is -2.20. The number of ether oxygens (including phenoxy) is 2. The van der Waals surface area contributed by atoms with E-state index in [1.54, 1.807) is 17.8 Å². The summed E-state index contributed by atoms with van der Waals surface area (Å²) >= 11 is 0. The Morgan fingerprint density at radius 1 is 1.33 bits per heavy atom. The quantitative estimate of drug-likeness (QED) is 0.499. The molecule has 0 aliphatic carbocycles. The molecule has 1 rings (SSSR count). The summed E-state index contributed by atoms with van der Waals surface area (Å²) in [6.07, 6.45) is 4.79. The molecule has 0 spiro atoms. The highest BCUT2D eigenvalue weighted by Crippen LogP contribution is 2.09. The summed E-state index contributed by atoms with van der Waals surface area (Å²) in [4.78, 5) is 11.8. The minimum atomic E-state index is -0.315. The molecule has 120 valence electrons. The molecule has 0 atom stereocenters. The van der Waals surface area contributed by atoms with E-state index in [1.807, 2.05) is 7.05 Å². The van der Waals surface area contributed by atoms with Crippen LogP contribution >= 0.6 is 0 Å². The summed E-state index contributed by atoms with van der Waals surface area (Å²) in [6.45, 7) is 7.37. The molecular formula is C15H27N3O3. The first-order valence-electron chi connectivity index (χ1n) is 7.67. The fourth-order valence-electron chi connectivity index (χ4n) is 1.91. The maximum absolute atomic E-state index is 11.8. The van der Waals surface area contributed by atoms with Gasteiger partial charge in [-0.05, 0) is 26.3 Å². The molecule has 0 fully saturated rings. The number of carbonyl (C=O) groups excluding carboxylic acids is 1. The molecule has 21 heavy (non-hydrogen) atoms. The summed E-state index contributed by atoms with van der Waals surface area (Å²) in [7, 11) is 1.83. The Kier molecular flexibility index (Phi) is 8.69. The smallest absolute Gasteiger partial charge is 0.341 e. The van der Waals surface area contributed by atoms with Gasteiger partial charge in [-0.2, -0.15) is 5.10 Å². The van der Waals surface area contributed by atoms with Crippen molar-refractivity contribution in [3.05, 3.63) is 17.5 Å². The van der Waals surface area contributed by atoms with Gasteiger partial charge >= 0.3 is 5.97 Å². The van der Waals surface area contributed by atoms with Gasteiger partial charge in [-0.15, -0.1) is 0 Å². The number of carbonyl (C=O) groups is 1. The zero-order chi connectivity index (χ0) is 15.5. The molecule has 1 N–H and O–H groups in total. The Morgan fingerprint density at radius 3 is 2.81 bits per heavy atom. The van der Waals surface area contributed by atoms with Crippen molar-refractivity contribution in [3.63, 3.8) is 0 Å². The zero-order valence-corrected chi connectivity index (χ0v) is 13.4. The van der Waals surface area contributed by atoms with Gasteiger partial charge in [-0.1, -0.05) is 13.3 Å². The van der Waals surface area contributed by atoms with E-state index in [0.717, 1.165) is 44.7 Å². The minimum absolute atomic E-state index is 0.315. The summed E-state index contributed by atoms with van der Waals surface area (Å²) in [5, 5.41) is 7.43. The van der Waals surface area contributed by atoms with E-state index < -0.39 is 0 Å². The molecule has 6 heteroatoms. The van der Waals surface area contributed by atoms with Crippen LogP contribution in [0.5, 0.6) is 0 Å². The fourth-order valence-corrected chi connectivity index (χ4v) is 1.91. The summed E-state index contributed by atoms with van der Waals surface area (Å²) in [5.41, 5.74) is 1.38. The SMILES string of the molecule is CCCCOCCCNCc1c(C(=O)OCC)cnn1C. The lowest BCUT2D eigenvalue weighted by Gasteiger charge is -2.08. The summed E-state index contributed by atoms with van der Waals surface area (Å²) in [6, 6.07) is 0. The highest BCUT2D eigenvalue weighted by Gasteiger charge is 2.16. The second kappa shape index (κ2) is 10.3. The van der Waals surface area contributed by atoms with Crippen molar-refractivity contribution < 1.29 is 14.3 Å². The van der Waals surface area contributed by atoms with Crippen LogP contribution in [0, 0.1) is 0 Å². The van der Waals surface area contributed by atoms with E-state index in [9.17, 15) is 4.79 Å². The van der Waals surface area contributed by atoms with Crippen molar-refractivity contribution in [2.24, 2.45) is 7.05 Å². The van der Waals surface area contributed by atoms with Crippen molar-refractivity contribution in [2.75, 3.05) is 26.4 Å². The van der Waals surface area contributed by atoms with Gasteiger partial charge in [0.25, 0.3) is 0 Å². The van der Waals surface area contributed by atoms with Crippen LogP contribution in [0.1, 0.15) is 49.2 Å². The molecule has 0 bridgehead atoms. The van der Waals surface area contributed by atoms with E-state index in [4.69, 9.17) is 9.47 Å². The van der Waals surface area contributed by atoms with Crippen molar-refractivity contribution in [2.45, 2.75) is 39.7 Å². The Morgan fingerprint density at radius 2 is 2.10 bits per heavy atom. The van der Waals surface area contributed by atoms with Crippen molar-refractivity contribution >= 4 is 5.97 Å². The number of rotatable bonds is 11. The van der Waals surface area contributed by atoms with Crippen LogP contribution in [-0.4, -0.2) is 42.1 Å². The number of unbranched alkanes of at least 4 members (excludes halogenated alkanes) is 1. The normalized spacial score (nSPS) is 10.8. The average molecular weight is 297 g/mol. The van der Waals surface area contributed by atoms with Crippen molar-refractivity contribution in [1.82, 2.24) is 15.1 Å². The number of nitrogens with zero attached hydrogens (tertiary/aromatic N) is 2. The van der Waals surface area contributed by atoms with Crippen molar-refractivity contribution in [1.29, 1.82) is 0 Å². The second-order valence-electron chi connectivity index (χ2n) is 4.85. The molecule has 0 aliphatic rings. The highest BCUT2D eigenvalue weighted by atomic mass is 16.5. The monoisotopic (exact) mass is 297 g/mol. The van der Waals surface area contributed by atoms with Crippen LogP contribution < -0.4 is 5.32 Å². The summed E-state index contributed by atoms with van der Waals surface area (Å²) < 4.78 is 12.2. The van der Waals surface area contributed by atoms with Gasteiger partial charge in [0.15, 0.2) is 0 Å². The zero-order valence-electron chi connectivity index (χ0n) is 13.4. The predicted molar refractivity (Wildman–Crippen MR) is 81.2 cm³/mol. The molecule has 0 saturated heterocycles. The standard InChI is InChI=1S/C15H27N3O3/c1-4-6-9-20-10-7-8-16-12-14-13(11-17-18(14)3)15(19)21-5-2/h11,16H,4-10,12H2,1-3H3. The Labute approximate surface area is 126 Å². The second-order valence-corrected chi connectivity index (χ2v) is 4.85. The first-order chi connectivity index (χ1) is 10.2. The molecule has 0 amide bonds. The molecule has 0 saturated carbocycles. The molecule has 0 radical (unpaired) electrons. The first-order valence-corrected chi connectivity index (χ1v) is 7.67. The third-order valence-electron chi connectivity index (χ3n) is 3.13. The van der Waals surface area contributed by atoms with E-state index >= 15 is 0 Å². The van der Waals surface area contributed by atoms with Crippen LogP contribution in [0.15, 0.2) is 6.20 Å². The van der Waals surface area contributed by atoms with Gasteiger partial charge in [0.05, 0.1) is 18.5 Å². The van der Waals surface area contributed by atoms with E-state index in [1.165, 1.54) is 0 Å². The van der Waals surface area contributed by atoms with Gasteiger partial charge in [-0.3, -0.25) is 4.68 Å². The largest absolute Gasteiger partial charge is 0.462 e. The van der Waals surface area contributed by atoms with Crippen LogP contribution in [0.25, 0.3) is 0 Å². The lowest BCUT2D eigenvalue weighted by atomic mass is 10.2. The molecule has 1 aromatic heterocycles. The molecule has 6 nitrogen and oxygen atoms in total. The summed E-state index contributed by atoms with van der Waals surface area (Å²) in [5.74, 6) is -0.315. The van der Waals surface area contributed by atoms with E-state index in [-0.39, 0.29) is 5.97 Å². The van der Waals surface area contributed by atoms with Gasteiger partial charge in [0, 0.05) is 26.8 Å². The molecule has 0 aliphatic heterocycles. The minimum Gasteiger partial charge on any atom is -0.462 e. The lowest BCUT2D eigenvalue weighted by molar-refractivity contribution is 0.0524. The molecule has 0 unspecified atom stereocenters. The Hall–Kier alpha value is -1.40. The molecule has 1 heterocycles. The molecule has 1 aromatic rings.